The lowest BCUT2D eigenvalue weighted by Gasteiger charge is -2.16. The van der Waals surface area contributed by atoms with Gasteiger partial charge in [-0.1, -0.05) is 24.3 Å². The Bertz CT molecular complexity index is 1170. The van der Waals surface area contributed by atoms with E-state index in [2.05, 4.69) is 22.5 Å². The average Bonchev–Trinajstić information content (AvgIpc) is 3.15. The van der Waals surface area contributed by atoms with Crippen LogP contribution in [-0.2, 0) is 20.1 Å². The van der Waals surface area contributed by atoms with Crippen LogP contribution in [0.5, 0.6) is 0 Å². The van der Waals surface area contributed by atoms with Gasteiger partial charge in [0.05, 0.1) is 6.54 Å². The van der Waals surface area contributed by atoms with Gasteiger partial charge < -0.3 is 9.47 Å². The summed E-state index contributed by atoms with van der Waals surface area (Å²) in [5, 5.41) is 0. The Kier molecular flexibility index (Phi) is 3.61. The molecule has 0 saturated carbocycles. The molecule has 26 heavy (non-hydrogen) atoms. The van der Waals surface area contributed by atoms with Crippen LogP contribution in [0.1, 0.15) is 12.5 Å². The highest BCUT2D eigenvalue weighted by atomic mass is 16.2. The summed E-state index contributed by atoms with van der Waals surface area (Å²) in [5.74, 6) is 0.700. The predicted octanol–water partition coefficient (Wildman–Crippen LogP) is 1.93. The van der Waals surface area contributed by atoms with Gasteiger partial charge in [-0.3, -0.25) is 13.9 Å². The lowest BCUT2D eigenvalue weighted by molar-refractivity contribution is 0.647. The fraction of sp³-hybridized carbons (Fsp3) is 0.316. The van der Waals surface area contributed by atoms with E-state index >= 15 is 0 Å². The second kappa shape index (κ2) is 5.72. The number of rotatable bonds is 3. The maximum absolute atomic E-state index is 13.0. The van der Waals surface area contributed by atoms with Gasteiger partial charge in [-0.2, -0.15) is 4.98 Å². The lowest BCUT2D eigenvalue weighted by atomic mass is 10.2. The molecule has 0 bridgehead atoms. The van der Waals surface area contributed by atoms with E-state index in [1.54, 1.807) is 14.0 Å². The molecule has 0 saturated heterocycles. The Labute approximate surface area is 150 Å². The molecule has 0 unspecified atom stereocenters. The lowest BCUT2D eigenvalue weighted by Crippen LogP contribution is -2.39. The zero-order valence-electron chi connectivity index (χ0n) is 15.2. The largest absolute Gasteiger partial charge is 0.332 e. The predicted molar refractivity (Wildman–Crippen MR) is 102 cm³/mol. The standard InChI is InChI=1S/C19H21N5O2/c1-12(2)11-24-17(25)15-16(21(4)19(24)26)20-18-22(8-9-23(15)18)14-7-5-6-13(3)10-14/h5-7,10H,1,8-9,11H2,2-4H3. The number of aryl methyl sites for hydroxylation is 2. The Morgan fingerprint density at radius 2 is 2.04 bits per heavy atom. The number of benzene rings is 1. The molecule has 134 valence electrons. The molecule has 2 aromatic heterocycles. The van der Waals surface area contributed by atoms with E-state index in [1.165, 1.54) is 9.13 Å². The van der Waals surface area contributed by atoms with Gasteiger partial charge in [-0.05, 0) is 31.5 Å². The van der Waals surface area contributed by atoms with Gasteiger partial charge in [-0.25, -0.2) is 4.79 Å². The van der Waals surface area contributed by atoms with Crippen molar-refractivity contribution in [3.05, 3.63) is 62.8 Å². The molecule has 0 N–H and O–H groups in total. The molecule has 7 nitrogen and oxygen atoms in total. The number of anilines is 2. The molecule has 3 aromatic rings. The van der Waals surface area contributed by atoms with Crippen molar-refractivity contribution in [3.63, 3.8) is 0 Å². The molecule has 0 spiro atoms. The van der Waals surface area contributed by atoms with Gasteiger partial charge in [0, 0.05) is 25.8 Å². The first-order chi connectivity index (χ1) is 12.4. The molecule has 1 aromatic carbocycles. The number of aromatic nitrogens is 4. The first-order valence-electron chi connectivity index (χ1n) is 8.57. The third kappa shape index (κ3) is 2.31. The van der Waals surface area contributed by atoms with E-state index in [0.717, 1.165) is 23.4 Å². The summed E-state index contributed by atoms with van der Waals surface area (Å²) in [6.45, 7) is 9.28. The van der Waals surface area contributed by atoms with E-state index in [1.807, 2.05) is 29.7 Å². The van der Waals surface area contributed by atoms with Crippen LogP contribution < -0.4 is 16.1 Å². The van der Waals surface area contributed by atoms with Crippen LogP contribution in [0, 0.1) is 6.92 Å². The number of hydrogen-bond donors (Lipinski definition) is 0. The number of hydrogen-bond acceptors (Lipinski definition) is 4. The number of fused-ring (bicyclic) bond motifs is 3. The molecule has 1 aliphatic rings. The second-order valence-electron chi connectivity index (χ2n) is 6.92. The molecule has 0 fully saturated rings. The molecule has 0 radical (unpaired) electrons. The van der Waals surface area contributed by atoms with Gasteiger partial charge in [-0.15, -0.1) is 0 Å². The van der Waals surface area contributed by atoms with Crippen molar-refractivity contribution >= 4 is 22.8 Å². The van der Waals surface area contributed by atoms with Gasteiger partial charge in [0.1, 0.15) is 0 Å². The summed E-state index contributed by atoms with van der Waals surface area (Å²) >= 11 is 0. The minimum absolute atomic E-state index is 0.212. The molecule has 0 amide bonds. The normalized spacial score (nSPS) is 13.4. The molecule has 4 rings (SSSR count). The van der Waals surface area contributed by atoms with E-state index in [9.17, 15) is 9.59 Å². The van der Waals surface area contributed by atoms with Crippen molar-refractivity contribution in [2.45, 2.75) is 26.9 Å². The maximum Gasteiger partial charge on any atom is 0.332 e. The second-order valence-corrected chi connectivity index (χ2v) is 6.92. The van der Waals surface area contributed by atoms with E-state index in [4.69, 9.17) is 0 Å². The van der Waals surface area contributed by atoms with Crippen molar-refractivity contribution < 1.29 is 0 Å². The summed E-state index contributed by atoms with van der Waals surface area (Å²) in [6, 6.07) is 8.17. The molecule has 7 heteroatoms. The average molecular weight is 351 g/mol. The molecular formula is C19H21N5O2. The van der Waals surface area contributed by atoms with E-state index in [0.29, 0.717) is 23.7 Å². The highest BCUT2D eigenvalue weighted by molar-refractivity contribution is 5.77. The molecule has 0 aliphatic carbocycles. The third-order valence-electron chi connectivity index (χ3n) is 4.74. The SMILES string of the molecule is C=C(C)Cn1c(=O)c2c(nc3n2CCN3c2cccc(C)c2)n(C)c1=O. The quantitative estimate of drug-likeness (QED) is 0.677. The van der Waals surface area contributed by atoms with Crippen molar-refractivity contribution in [1.82, 2.24) is 18.7 Å². The topological polar surface area (TPSA) is 65.1 Å². The van der Waals surface area contributed by atoms with Crippen LogP contribution in [0.15, 0.2) is 46.0 Å². The van der Waals surface area contributed by atoms with Crippen LogP contribution in [-0.4, -0.2) is 25.2 Å². The molecule has 0 atom stereocenters. The molecular weight excluding hydrogens is 330 g/mol. The Balaban J connectivity index is 1.97. The zero-order valence-corrected chi connectivity index (χ0v) is 15.2. The zero-order chi connectivity index (χ0) is 18.6. The van der Waals surface area contributed by atoms with Crippen LogP contribution in [0.3, 0.4) is 0 Å². The molecule has 1 aliphatic heterocycles. The number of allylic oxidation sites excluding steroid dienone is 1. The van der Waals surface area contributed by atoms with Crippen LogP contribution in [0.2, 0.25) is 0 Å². The summed E-state index contributed by atoms with van der Waals surface area (Å²) in [4.78, 5) is 32.3. The van der Waals surface area contributed by atoms with Gasteiger partial charge in [0.25, 0.3) is 5.56 Å². The van der Waals surface area contributed by atoms with Crippen molar-refractivity contribution in [2.24, 2.45) is 7.05 Å². The van der Waals surface area contributed by atoms with Gasteiger partial charge in [0.15, 0.2) is 11.2 Å². The van der Waals surface area contributed by atoms with Crippen molar-refractivity contribution in [1.29, 1.82) is 0 Å². The smallest absolute Gasteiger partial charge is 0.310 e. The minimum atomic E-state index is -0.371. The minimum Gasteiger partial charge on any atom is -0.310 e. The highest BCUT2D eigenvalue weighted by Gasteiger charge is 2.28. The van der Waals surface area contributed by atoms with Crippen LogP contribution in [0.4, 0.5) is 11.6 Å². The third-order valence-corrected chi connectivity index (χ3v) is 4.74. The summed E-state index contributed by atoms with van der Waals surface area (Å²) in [7, 11) is 1.65. The Morgan fingerprint density at radius 3 is 2.73 bits per heavy atom. The van der Waals surface area contributed by atoms with E-state index < -0.39 is 0 Å². The van der Waals surface area contributed by atoms with Crippen LogP contribution >= 0.6 is 0 Å². The Hall–Kier alpha value is -3.09. The maximum atomic E-state index is 13.0. The van der Waals surface area contributed by atoms with Crippen molar-refractivity contribution in [2.75, 3.05) is 11.4 Å². The first kappa shape index (κ1) is 16.4. The highest BCUT2D eigenvalue weighted by Crippen LogP contribution is 2.31. The monoisotopic (exact) mass is 351 g/mol. The first-order valence-corrected chi connectivity index (χ1v) is 8.57. The summed E-state index contributed by atoms with van der Waals surface area (Å²) in [5.41, 5.74) is 3.16. The van der Waals surface area contributed by atoms with E-state index in [-0.39, 0.29) is 17.8 Å². The van der Waals surface area contributed by atoms with Gasteiger partial charge in [0.2, 0.25) is 5.95 Å². The summed E-state index contributed by atoms with van der Waals surface area (Å²) < 4.78 is 4.59. The van der Waals surface area contributed by atoms with Crippen LogP contribution in [0.25, 0.3) is 11.2 Å². The Morgan fingerprint density at radius 1 is 1.27 bits per heavy atom. The summed E-state index contributed by atoms with van der Waals surface area (Å²) in [6.07, 6.45) is 0. The number of imidazole rings is 1. The fourth-order valence-electron chi connectivity index (χ4n) is 3.53. The fourth-order valence-corrected chi connectivity index (χ4v) is 3.53. The molecule has 3 heterocycles. The number of nitrogens with zero attached hydrogens (tertiary/aromatic N) is 5. The van der Waals surface area contributed by atoms with Crippen molar-refractivity contribution in [3.8, 4) is 0 Å². The van der Waals surface area contributed by atoms with Gasteiger partial charge >= 0.3 is 5.69 Å².